The third kappa shape index (κ3) is 5.85. The first-order valence-electron chi connectivity index (χ1n) is 12.6. The van der Waals surface area contributed by atoms with Crippen molar-refractivity contribution >= 4 is 23.6 Å². The second-order valence-electron chi connectivity index (χ2n) is 9.25. The van der Waals surface area contributed by atoms with Gasteiger partial charge in [0.05, 0.1) is 26.9 Å². The molecule has 5 rings (SSSR count). The van der Waals surface area contributed by atoms with E-state index in [1.54, 1.807) is 65.6 Å². The van der Waals surface area contributed by atoms with E-state index in [4.69, 9.17) is 14.2 Å². The van der Waals surface area contributed by atoms with Crippen LogP contribution in [0.5, 0.6) is 5.75 Å². The van der Waals surface area contributed by atoms with Gasteiger partial charge in [0.15, 0.2) is 12.1 Å². The van der Waals surface area contributed by atoms with E-state index in [0.29, 0.717) is 54.4 Å². The summed E-state index contributed by atoms with van der Waals surface area (Å²) in [5.74, 6) is -0.367. The van der Waals surface area contributed by atoms with Crippen molar-refractivity contribution in [2.75, 3.05) is 38.7 Å². The van der Waals surface area contributed by atoms with Crippen molar-refractivity contribution in [1.82, 2.24) is 9.80 Å². The minimum absolute atomic E-state index is 0.0883. The van der Waals surface area contributed by atoms with Gasteiger partial charge in [-0.25, -0.2) is 9.18 Å². The molecule has 0 spiro atoms. The lowest BCUT2D eigenvalue weighted by Gasteiger charge is -2.32. The summed E-state index contributed by atoms with van der Waals surface area (Å²) in [5, 5.41) is 2.84. The van der Waals surface area contributed by atoms with Gasteiger partial charge in [-0.05, 0) is 53.6 Å². The maximum absolute atomic E-state index is 13.7. The molecule has 3 aromatic rings. The summed E-state index contributed by atoms with van der Waals surface area (Å²) in [6.45, 7) is 1.74. The van der Waals surface area contributed by atoms with Gasteiger partial charge >= 0.3 is 6.09 Å². The van der Waals surface area contributed by atoms with Crippen LogP contribution >= 0.6 is 0 Å². The van der Waals surface area contributed by atoms with E-state index in [2.05, 4.69) is 5.32 Å². The fraction of sp³-hybridized carbons (Fsp3) is 0.276. The molecule has 2 heterocycles. The zero-order valence-electron chi connectivity index (χ0n) is 21.3. The number of hydrogen-bond donors (Lipinski definition) is 1. The van der Waals surface area contributed by atoms with Crippen molar-refractivity contribution in [1.29, 1.82) is 0 Å². The summed E-state index contributed by atoms with van der Waals surface area (Å²) in [5.41, 5.74) is 2.26. The summed E-state index contributed by atoms with van der Waals surface area (Å²) in [4.78, 5) is 42.4. The second kappa shape index (κ2) is 11.5. The fourth-order valence-corrected chi connectivity index (χ4v) is 4.67. The van der Waals surface area contributed by atoms with Gasteiger partial charge in [0.25, 0.3) is 5.91 Å². The largest absolute Gasteiger partial charge is 0.497 e. The predicted octanol–water partition coefficient (Wildman–Crippen LogP) is 4.01. The van der Waals surface area contributed by atoms with Crippen molar-refractivity contribution < 1.29 is 33.0 Å². The molecule has 0 radical (unpaired) electrons. The normalized spacial score (nSPS) is 19.0. The molecule has 2 aliphatic rings. The number of cyclic esters (lactones) is 1. The lowest BCUT2D eigenvalue weighted by molar-refractivity contribution is -0.141. The van der Waals surface area contributed by atoms with Gasteiger partial charge < -0.3 is 24.4 Å². The molecule has 9 nitrogen and oxygen atoms in total. The Kier molecular flexibility index (Phi) is 7.74. The van der Waals surface area contributed by atoms with Crippen molar-refractivity contribution in [3.63, 3.8) is 0 Å². The molecule has 3 aromatic carbocycles. The van der Waals surface area contributed by atoms with Gasteiger partial charge in [-0.3, -0.25) is 14.5 Å². The third-order valence-corrected chi connectivity index (χ3v) is 6.76. The summed E-state index contributed by atoms with van der Waals surface area (Å²) in [6, 6.07) is 18.5. The molecule has 3 amide bonds. The maximum atomic E-state index is 13.7. The number of amides is 3. The highest BCUT2D eigenvalue weighted by atomic mass is 19.1. The average molecular weight is 534 g/mol. The topological polar surface area (TPSA) is 97.4 Å². The number of ether oxygens (including phenoxy) is 3. The number of benzene rings is 3. The number of anilines is 1. The maximum Gasteiger partial charge on any atom is 0.411 e. The monoisotopic (exact) mass is 533 g/mol. The van der Waals surface area contributed by atoms with E-state index in [1.807, 2.05) is 0 Å². The second-order valence-corrected chi connectivity index (χ2v) is 9.25. The van der Waals surface area contributed by atoms with Crippen LogP contribution in [-0.4, -0.2) is 67.2 Å². The summed E-state index contributed by atoms with van der Waals surface area (Å²) in [6.07, 6.45) is -1.50. The van der Waals surface area contributed by atoms with E-state index in [0.717, 1.165) is 0 Å². The van der Waals surface area contributed by atoms with Gasteiger partial charge in [0.1, 0.15) is 11.6 Å². The average Bonchev–Trinajstić information content (AvgIpc) is 3.30. The van der Waals surface area contributed by atoms with Crippen LogP contribution in [0, 0.1) is 5.82 Å². The molecule has 0 aromatic heterocycles. The molecule has 1 N–H and O–H groups in total. The number of halogens is 1. The number of carbonyl (C=O) groups is 3. The van der Waals surface area contributed by atoms with Gasteiger partial charge in [0.2, 0.25) is 5.91 Å². The molecule has 39 heavy (non-hydrogen) atoms. The van der Waals surface area contributed by atoms with Crippen LogP contribution in [0.1, 0.15) is 27.6 Å². The number of hydrogen-bond acceptors (Lipinski definition) is 6. The molecule has 2 unspecified atom stereocenters. The quantitative estimate of drug-likeness (QED) is 0.493. The molecule has 0 saturated carbocycles. The van der Waals surface area contributed by atoms with Crippen LogP contribution in [0.15, 0.2) is 72.8 Å². The Hall–Kier alpha value is -4.44. The number of morpholine rings is 1. The van der Waals surface area contributed by atoms with Gasteiger partial charge in [-0.2, -0.15) is 0 Å². The Morgan fingerprint density at radius 2 is 1.74 bits per heavy atom. The fourth-order valence-electron chi connectivity index (χ4n) is 4.67. The van der Waals surface area contributed by atoms with Crippen LogP contribution in [0.2, 0.25) is 0 Å². The van der Waals surface area contributed by atoms with Crippen LogP contribution < -0.4 is 10.1 Å². The van der Waals surface area contributed by atoms with Crippen LogP contribution in [0.25, 0.3) is 0 Å². The number of nitrogens with one attached hydrogen (secondary N) is 1. The van der Waals surface area contributed by atoms with E-state index < -0.39 is 18.2 Å². The van der Waals surface area contributed by atoms with E-state index in [-0.39, 0.29) is 24.2 Å². The molecule has 0 aliphatic carbocycles. The molecule has 0 bridgehead atoms. The standard InChI is InChI=1S/C29H28FN3O6/c1-37-24-4-2-3-21(17-24)27(34)31-23-11-7-20(8-12-23)26-25(28(35)32-13-15-38-16-14-32)33(29(36)39-26)18-19-5-9-22(30)10-6-19/h2-12,17,25-26H,13-16,18H2,1H3,(H,31,34). The molecule has 10 heteroatoms. The molecule has 2 saturated heterocycles. The zero-order valence-corrected chi connectivity index (χ0v) is 21.3. The highest BCUT2D eigenvalue weighted by Gasteiger charge is 2.48. The molecule has 2 fully saturated rings. The zero-order chi connectivity index (χ0) is 27.4. The molecule has 2 aliphatic heterocycles. The first-order valence-corrected chi connectivity index (χ1v) is 12.6. The van der Waals surface area contributed by atoms with E-state index in [9.17, 15) is 18.8 Å². The summed E-state index contributed by atoms with van der Waals surface area (Å²) < 4.78 is 29.7. The van der Waals surface area contributed by atoms with Crippen LogP contribution in [0.3, 0.4) is 0 Å². The van der Waals surface area contributed by atoms with Crippen molar-refractivity contribution in [2.45, 2.75) is 18.7 Å². The van der Waals surface area contributed by atoms with Gasteiger partial charge in [-0.1, -0.05) is 30.3 Å². The highest BCUT2D eigenvalue weighted by Crippen LogP contribution is 2.35. The minimum Gasteiger partial charge on any atom is -0.497 e. The Balaban J connectivity index is 1.37. The lowest BCUT2D eigenvalue weighted by Crippen LogP contribution is -2.51. The van der Waals surface area contributed by atoms with Crippen LogP contribution in [-0.2, 0) is 20.8 Å². The van der Waals surface area contributed by atoms with E-state index in [1.165, 1.54) is 24.1 Å². The Labute approximate surface area is 225 Å². The Bertz CT molecular complexity index is 1340. The SMILES string of the molecule is COc1cccc(C(=O)Nc2ccc(C3OC(=O)N(Cc4ccc(F)cc4)C3C(=O)N3CCOCC3)cc2)c1. The lowest BCUT2D eigenvalue weighted by atomic mass is 9.99. The Morgan fingerprint density at radius 3 is 2.44 bits per heavy atom. The van der Waals surface area contributed by atoms with Crippen molar-refractivity contribution in [3.05, 3.63) is 95.3 Å². The first kappa shape index (κ1) is 26.2. The predicted molar refractivity (Wildman–Crippen MR) is 140 cm³/mol. The molecule has 2 atom stereocenters. The Morgan fingerprint density at radius 1 is 1.03 bits per heavy atom. The van der Waals surface area contributed by atoms with Crippen LogP contribution in [0.4, 0.5) is 14.9 Å². The summed E-state index contributed by atoms with van der Waals surface area (Å²) >= 11 is 0. The van der Waals surface area contributed by atoms with E-state index >= 15 is 0 Å². The number of rotatable bonds is 7. The smallest absolute Gasteiger partial charge is 0.411 e. The molecule has 202 valence electrons. The van der Waals surface area contributed by atoms with Crippen molar-refractivity contribution in [2.24, 2.45) is 0 Å². The van der Waals surface area contributed by atoms with Gasteiger partial charge in [-0.15, -0.1) is 0 Å². The number of carbonyl (C=O) groups excluding carboxylic acids is 3. The van der Waals surface area contributed by atoms with Gasteiger partial charge in [0, 0.05) is 24.3 Å². The number of nitrogens with zero attached hydrogens (tertiary/aromatic N) is 2. The van der Waals surface area contributed by atoms with Crippen molar-refractivity contribution in [3.8, 4) is 5.75 Å². The molecular weight excluding hydrogens is 505 g/mol. The number of methoxy groups -OCH3 is 1. The highest BCUT2D eigenvalue weighted by molar-refractivity contribution is 6.04. The molecular formula is C29H28FN3O6. The minimum atomic E-state index is -0.919. The summed E-state index contributed by atoms with van der Waals surface area (Å²) in [7, 11) is 1.53. The first-order chi connectivity index (χ1) is 18.9. The third-order valence-electron chi connectivity index (χ3n) is 6.76.